The van der Waals surface area contributed by atoms with Crippen LogP contribution in [0.1, 0.15) is 43.2 Å². The fourth-order valence-corrected chi connectivity index (χ4v) is 4.96. The summed E-state index contributed by atoms with van der Waals surface area (Å²) >= 11 is 0. The minimum atomic E-state index is -0.183. The van der Waals surface area contributed by atoms with E-state index >= 15 is 0 Å². The van der Waals surface area contributed by atoms with E-state index in [2.05, 4.69) is 0 Å². The van der Waals surface area contributed by atoms with Crippen LogP contribution in [-0.2, 0) is 17.8 Å². The molecular weight excluding hydrogens is 327 g/mol. The van der Waals surface area contributed by atoms with E-state index in [0.717, 1.165) is 30.4 Å². The summed E-state index contributed by atoms with van der Waals surface area (Å²) in [6.07, 6.45) is 6.32. The highest BCUT2D eigenvalue weighted by molar-refractivity contribution is 5.85. The third-order valence-corrected chi connectivity index (χ3v) is 6.25. The van der Waals surface area contributed by atoms with Gasteiger partial charge >= 0.3 is 0 Å². The molecule has 4 rings (SSSR count). The summed E-state index contributed by atoms with van der Waals surface area (Å²) in [5.41, 5.74) is 8.49. The van der Waals surface area contributed by atoms with Crippen LogP contribution in [0.5, 0.6) is 0 Å². The first-order valence-electron chi connectivity index (χ1n) is 8.93. The molecule has 2 fully saturated rings. The van der Waals surface area contributed by atoms with Crippen LogP contribution in [0.3, 0.4) is 0 Å². The van der Waals surface area contributed by atoms with Crippen molar-refractivity contribution >= 4 is 18.3 Å². The molecule has 132 valence electrons. The number of hydrogen-bond donors (Lipinski definition) is 1. The van der Waals surface area contributed by atoms with Gasteiger partial charge in [-0.15, -0.1) is 12.4 Å². The summed E-state index contributed by atoms with van der Waals surface area (Å²) in [5, 5.41) is 0. The zero-order valence-corrected chi connectivity index (χ0v) is 14.7. The van der Waals surface area contributed by atoms with Crippen LogP contribution in [-0.4, -0.2) is 23.4 Å². The predicted molar refractivity (Wildman–Crippen MR) is 94.3 cm³/mol. The molecule has 5 heteroatoms. The Bertz CT molecular complexity index is 609. The van der Waals surface area contributed by atoms with E-state index in [1.165, 1.54) is 25.3 Å². The molecule has 2 atom stereocenters. The Balaban J connectivity index is 0.00000169. The fourth-order valence-electron chi connectivity index (χ4n) is 4.96. The smallest absolute Gasteiger partial charge is 0.226 e. The molecule has 1 aliphatic heterocycles. The van der Waals surface area contributed by atoms with Gasteiger partial charge in [0.2, 0.25) is 5.91 Å². The molecule has 3 nitrogen and oxygen atoms in total. The molecule has 2 bridgehead atoms. The molecule has 0 aromatic heterocycles. The summed E-state index contributed by atoms with van der Waals surface area (Å²) < 4.78 is 13.3. The number of nitrogens with zero attached hydrogens (tertiary/aromatic N) is 1. The number of halogens is 2. The van der Waals surface area contributed by atoms with E-state index in [0.29, 0.717) is 36.9 Å². The zero-order valence-electron chi connectivity index (χ0n) is 13.9. The molecule has 0 radical (unpaired) electrons. The molecule has 2 unspecified atom stereocenters. The van der Waals surface area contributed by atoms with Gasteiger partial charge in [-0.05, 0) is 67.2 Å². The van der Waals surface area contributed by atoms with Gasteiger partial charge in [-0.2, -0.15) is 0 Å². The van der Waals surface area contributed by atoms with Gasteiger partial charge in [-0.25, -0.2) is 4.39 Å². The maximum absolute atomic E-state index is 13.3. The Kier molecular flexibility index (Phi) is 5.16. The minimum absolute atomic E-state index is 0. The summed E-state index contributed by atoms with van der Waals surface area (Å²) in [7, 11) is 0. The van der Waals surface area contributed by atoms with Gasteiger partial charge in [0, 0.05) is 25.0 Å². The average Bonchev–Trinajstić information content (AvgIpc) is 2.53. The Hall–Kier alpha value is -1.13. The van der Waals surface area contributed by atoms with Crippen LogP contribution >= 0.6 is 12.4 Å². The monoisotopic (exact) mass is 352 g/mol. The van der Waals surface area contributed by atoms with Crippen molar-refractivity contribution in [1.29, 1.82) is 0 Å². The summed E-state index contributed by atoms with van der Waals surface area (Å²) in [6.45, 7) is 1.35. The number of amides is 1. The second-order valence-corrected chi connectivity index (χ2v) is 7.62. The number of carbonyl (C=O) groups excluding carboxylic acids is 1. The quantitative estimate of drug-likeness (QED) is 0.843. The van der Waals surface area contributed by atoms with Gasteiger partial charge in [0.15, 0.2) is 0 Å². The molecule has 1 aromatic carbocycles. The standard InChI is InChI=1S/C19H25FN2O.ClH/c20-17-5-4-15-11-22(7-6-12(15)10-17)19(23)16-8-13-2-1-3-14(9-16)18(13)21;/h4-5,10,13-14,16,18H,1-3,6-9,11,21H2;1H. The van der Waals surface area contributed by atoms with Crippen molar-refractivity contribution in [3.05, 3.63) is 35.1 Å². The summed E-state index contributed by atoms with van der Waals surface area (Å²) in [5.74, 6) is 1.32. The number of fused-ring (bicyclic) bond motifs is 3. The van der Waals surface area contributed by atoms with Crippen molar-refractivity contribution < 1.29 is 9.18 Å². The van der Waals surface area contributed by atoms with Crippen molar-refractivity contribution in [1.82, 2.24) is 4.90 Å². The van der Waals surface area contributed by atoms with Crippen LogP contribution in [0.2, 0.25) is 0 Å². The maximum atomic E-state index is 13.3. The molecule has 2 saturated carbocycles. The Morgan fingerprint density at radius 1 is 1.17 bits per heavy atom. The molecule has 3 aliphatic rings. The van der Waals surface area contributed by atoms with Crippen LogP contribution in [0, 0.1) is 23.6 Å². The van der Waals surface area contributed by atoms with Gasteiger partial charge in [0.1, 0.15) is 5.82 Å². The first kappa shape index (κ1) is 17.7. The fraction of sp³-hybridized carbons (Fsp3) is 0.632. The highest BCUT2D eigenvalue weighted by atomic mass is 35.5. The Morgan fingerprint density at radius 2 is 1.88 bits per heavy atom. The molecular formula is C19H26ClFN2O. The summed E-state index contributed by atoms with van der Waals surface area (Å²) in [6, 6.07) is 5.24. The van der Waals surface area contributed by atoms with E-state index < -0.39 is 0 Å². The lowest BCUT2D eigenvalue weighted by Crippen LogP contribution is -2.50. The topological polar surface area (TPSA) is 46.3 Å². The van der Waals surface area contributed by atoms with E-state index in [1.807, 2.05) is 11.0 Å². The second-order valence-electron chi connectivity index (χ2n) is 7.62. The van der Waals surface area contributed by atoms with Crippen molar-refractivity contribution in [2.24, 2.45) is 23.5 Å². The molecule has 2 aliphatic carbocycles. The third kappa shape index (κ3) is 3.18. The van der Waals surface area contributed by atoms with Gasteiger partial charge < -0.3 is 10.6 Å². The highest BCUT2D eigenvalue weighted by Crippen LogP contribution is 2.42. The second kappa shape index (κ2) is 7.01. The van der Waals surface area contributed by atoms with Crippen molar-refractivity contribution in [3.8, 4) is 0 Å². The van der Waals surface area contributed by atoms with Crippen LogP contribution < -0.4 is 5.73 Å². The van der Waals surface area contributed by atoms with E-state index in [4.69, 9.17) is 5.73 Å². The molecule has 1 heterocycles. The van der Waals surface area contributed by atoms with Crippen molar-refractivity contribution in [2.45, 2.75) is 51.1 Å². The number of benzene rings is 1. The number of rotatable bonds is 1. The van der Waals surface area contributed by atoms with Crippen LogP contribution in [0.15, 0.2) is 18.2 Å². The van der Waals surface area contributed by atoms with Gasteiger partial charge in [-0.3, -0.25) is 4.79 Å². The lowest BCUT2D eigenvalue weighted by atomic mass is 9.65. The van der Waals surface area contributed by atoms with Crippen molar-refractivity contribution in [2.75, 3.05) is 6.54 Å². The molecule has 0 saturated heterocycles. The molecule has 1 amide bonds. The van der Waals surface area contributed by atoms with Gasteiger partial charge in [-0.1, -0.05) is 12.5 Å². The van der Waals surface area contributed by atoms with Crippen molar-refractivity contribution in [3.63, 3.8) is 0 Å². The van der Waals surface area contributed by atoms with Crippen LogP contribution in [0.25, 0.3) is 0 Å². The molecule has 0 spiro atoms. The summed E-state index contributed by atoms with van der Waals surface area (Å²) in [4.78, 5) is 15.0. The zero-order chi connectivity index (χ0) is 16.0. The first-order chi connectivity index (χ1) is 11.1. The minimum Gasteiger partial charge on any atom is -0.338 e. The maximum Gasteiger partial charge on any atom is 0.226 e. The van der Waals surface area contributed by atoms with Gasteiger partial charge in [0.25, 0.3) is 0 Å². The van der Waals surface area contributed by atoms with E-state index in [-0.39, 0.29) is 24.1 Å². The molecule has 24 heavy (non-hydrogen) atoms. The lowest BCUT2D eigenvalue weighted by Gasteiger charge is -2.45. The third-order valence-electron chi connectivity index (χ3n) is 6.25. The number of nitrogens with two attached hydrogens (primary N) is 1. The normalized spacial score (nSPS) is 31.8. The Morgan fingerprint density at radius 3 is 2.58 bits per heavy atom. The number of carbonyl (C=O) groups is 1. The molecule has 1 aromatic rings. The van der Waals surface area contributed by atoms with Gasteiger partial charge in [0.05, 0.1) is 0 Å². The largest absolute Gasteiger partial charge is 0.338 e. The highest BCUT2D eigenvalue weighted by Gasteiger charge is 2.41. The first-order valence-corrected chi connectivity index (χ1v) is 8.93. The lowest BCUT2D eigenvalue weighted by molar-refractivity contribution is -0.139. The number of hydrogen-bond acceptors (Lipinski definition) is 2. The van der Waals surface area contributed by atoms with Crippen LogP contribution in [0.4, 0.5) is 4.39 Å². The Labute approximate surface area is 149 Å². The predicted octanol–water partition coefficient (Wildman–Crippen LogP) is 3.29. The molecule has 2 N–H and O–H groups in total. The van der Waals surface area contributed by atoms with E-state index in [9.17, 15) is 9.18 Å². The average molecular weight is 353 g/mol. The SMILES string of the molecule is Cl.NC1C2CCCC1CC(C(=O)N1CCc3cc(F)ccc3C1)C2. The van der Waals surface area contributed by atoms with E-state index in [1.54, 1.807) is 6.07 Å².